The van der Waals surface area contributed by atoms with Gasteiger partial charge in [-0.2, -0.15) is 0 Å². The topological polar surface area (TPSA) is 83.1 Å². The van der Waals surface area contributed by atoms with E-state index in [9.17, 15) is 0 Å². The molecule has 0 spiro atoms. The summed E-state index contributed by atoms with van der Waals surface area (Å²) in [6, 6.07) is 0. The molecule has 154 valence electrons. The fraction of sp³-hybridized carbons (Fsp3) is 1.00. The van der Waals surface area contributed by atoms with E-state index in [2.05, 4.69) is 40.7 Å². The third kappa shape index (κ3) is 31.9. The van der Waals surface area contributed by atoms with E-state index in [1.807, 2.05) is 0 Å². The van der Waals surface area contributed by atoms with E-state index in [4.69, 9.17) is 19.4 Å². The average Bonchev–Trinajstić information content (AvgIpc) is 2.61. The van der Waals surface area contributed by atoms with E-state index in [-0.39, 0.29) is 15.1 Å². The monoisotopic (exact) mass is 544 g/mol. The van der Waals surface area contributed by atoms with Gasteiger partial charge in [0.15, 0.2) is 0 Å². The Labute approximate surface area is 164 Å². The van der Waals surface area contributed by atoms with Crippen molar-refractivity contribution in [3.8, 4) is 0 Å². The number of rotatable bonds is 9. The van der Waals surface area contributed by atoms with Gasteiger partial charge in [-0.3, -0.25) is 0 Å². The first-order valence-corrected chi connectivity index (χ1v) is 13.3. The maximum atomic E-state index is 4.85. The summed E-state index contributed by atoms with van der Waals surface area (Å²) in [6.45, 7) is 0. The van der Waals surface area contributed by atoms with E-state index in [1.165, 1.54) is 0 Å². The molecule has 0 aliphatic heterocycles. The second-order valence-electron chi connectivity index (χ2n) is 2.36. The Morgan fingerprint density at radius 3 is 0.500 bits per heavy atom. The number of hydrogen-bond donors (Lipinski definition) is 0. The third-order valence-electron chi connectivity index (χ3n) is 1.34. The van der Waals surface area contributed by atoms with Crippen molar-refractivity contribution in [2.75, 3.05) is 64.0 Å². The van der Waals surface area contributed by atoms with Crippen molar-refractivity contribution in [2.45, 2.75) is 0 Å². The predicted molar refractivity (Wildman–Crippen MR) is 95.5 cm³/mol. The Kier molecular flexibility index (Phi) is 46.0. The summed E-state index contributed by atoms with van der Waals surface area (Å²) >= 11 is -0.346. The van der Waals surface area contributed by atoms with Crippen LogP contribution in [0.3, 0.4) is 0 Å². The van der Waals surface area contributed by atoms with Crippen LogP contribution in [0.25, 0.3) is 0 Å². The van der Waals surface area contributed by atoms with E-state index in [1.54, 1.807) is 64.0 Å². The van der Waals surface area contributed by atoms with Crippen molar-refractivity contribution in [3.63, 3.8) is 0 Å². The summed E-state index contributed by atoms with van der Waals surface area (Å²) < 4.78 is 42.0. The minimum atomic E-state index is -1.05. The molecule has 0 unspecified atom stereocenters. The molecule has 0 aromatic heterocycles. The molecule has 15 heteroatoms. The zero-order valence-corrected chi connectivity index (χ0v) is 21.1. The first kappa shape index (κ1) is 33.7. The van der Waals surface area contributed by atoms with Crippen LogP contribution in [-0.4, -0.2) is 64.0 Å². The summed E-state index contributed by atoms with van der Waals surface area (Å²) in [4.78, 5) is 0. The second-order valence-corrected chi connectivity index (χ2v) is 9.63. The van der Waals surface area contributed by atoms with Crippen LogP contribution in [0.2, 0.25) is 0 Å². The molecule has 0 atom stereocenters. The normalized spacial score (nSPS) is 9.92. The summed E-state index contributed by atoms with van der Waals surface area (Å²) in [5.74, 6) is 0. The molecule has 0 amide bonds. The van der Waals surface area contributed by atoms with E-state index < -0.39 is 25.8 Å². The van der Waals surface area contributed by atoms with E-state index in [0.29, 0.717) is 0 Å². The van der Waals surface area contributed by atoms with Crippen LogP contribution in [0.5, 0.6) is 0 Å². The molecule has 0 aliphatic rings. The van der Waals surface area contributed by atoms with Gasteiger partial charge in [-0.05, 0) is 0 Å². The van der Waals surface area contributed by atoms with Crippen LogP contribution in [0.1, 0.15) is 0 Å². The molecule has 9 nitrogen and oxygen atoms in total. The number of halogens is 2. The SMILES string of the molecule is COP(OC)OC.COP(OC)OC.COP(OC)OC.[Cl][Ru][Cl]. The van der Waals surface area contributed by atoms with Crippen LogP contribution in [0, 0.1) is 0 Å². The summed E-state index contributed by atoms with van der Waals surface area (Å²) in [6.07, 6.45) is 0. The van der Waals surface area contributed by atoms with Gasteiger partial charge in [-0.25, -0.2) is 0 Å². The van der Waals surface area contributed by atoms with Crippen molar-refractivity contribution in [2.24, 2.45) is 0 Å². The van der Waals surface area contributed by atoms with Crippen LogP contribution >= 0.6 is 45.2 Å². The molecule has 0 saturated heterocycles. The minimum absolute atomic E-state index is 0.346. The molecule has 0 fully saturated rings. The molecule has 0 rings (SSSR count). The zero-order chi connectivity index (χ0) is 19.8. The molecule has 0 N–H and O–H groups in total. The predicted octanol–water partition coefficient (Wildman–Crippen LogP) is 4.83. The van der Waals surface area contributed by atoms with Crippen LogP contribution in [0.4, 0.5) is 0 Å². The molecule has 0 bridgehead atoms. The third-order valence-corrected chi connectivity index (χ3v) is 4.02. The van der Waals surface area contributed by atoms with E-state index in [0.717, 1.165) is 0 Å². The number of hydrogen-bond acceptors (Lipinski definition) is 9. The Morgan fingerprint density at radius 1 is 0.417 bits per heavy atom. The summed E-state index contributed by atoms with van der Waals surface area (Å²) in [5, 5.41) is 0. The molecule has 0 heterocycles. The first-order chi connectivity index (χ1) is 11.5. The van der Waals surface area contributed by atoms with Crippen molar-refractivity contribution < 1.29 is 55.9 Å². The summed E-state index contributed by atoms with van der Waals surface area (Å²) in [5.41, 5.74) is 0. The first-order valence-electron chi connectivity index (χ1n) is 5.58. The van der Waals surface area contributed by atoms with Gasteiger partial charge in [0.1, 0.15) is 0 Å². The van der Waals surface area contributed by atoms with Gasteiger partial charge in [-0.1, -0.05) is 0 Å². The molecule has 0 saturated carbocycles. The molecule has 24 heavy (non-hydrogen) atoms. The van der Waals surface area contributed by atoms with Crippen molar-refractivity contribution in [1.29, 1.82) is 0 Å². The maximum absolute atomic E-state index is 4.85. The fourth-order valence-corrected chi connectivity index (χ4v) is 2.01. The van der Waals surface area contributed by atoms with Gasteiger partial charge in [0, 0.05) is 64.0 Å². The van der Waals surface area contributed by atoms with Gasteiger partial charge in [0.05, 0.1) is 0 Å². The van der Waals surface area contributed by atoms with Crippen molar-refractivity contribution in [1.82, 2.24) is 0 Å². The molecule has 0 aliphatic carbocycles. The molecular formula is C9H27Cl2O9P3Ru. The second kappa shape index (κ2) is 32.8. The molecule has 0 aromatic carbocycles. The standard InChI is InChI=1S/3C3H9O3P.2ClH.Ru/c3*1-4-7(5-2)6-3;;;/h3*1-3H3;2*1H;/q;;;;;+2/p-2. The van der Waals surface area contributed by atoms with Gasteiger partial charge in [-0.15, -0.1) is 0 Å². The Hall–Kier alpha value is 2.13. The van der Waals surface area contributed by atoms with Crippen LogP contribution in [-0.2, 0) is 55.9 Å². The van der Waals surface area contributed by atoms with E-state index >= 15 is 0 Å². The van der Waals surface area contributed by atoms with Crippen molar-refractivity contribution >= 4 is 45.2 Å². The van der Waals surface area contributed by atoms with Crippen molar-refractivity contribution in [3.05, 3.63) is 0 Å². The van der Waals surface area contributed by atoms with Crippen LogP contribution < -0.4 is 0 Å². The molecule has 0 radical (unpaired) electrons. The summed E-state index contributed by atoms with van der Waals surface area (Å²) in [7, 11) is 20.4. The fourth-order valence-electron chi connectivity index (χ4n) is 0.671. The van der Waals surface area contributed by atoms with Gasteiger partial charge in [0.25, 0.3) is 0 Å². The van der Waals surface area contributed by atoms with Gasteiger partial charge >= 0.3 is 60.3 Å². The molecule has 0 aromatic rings. The van der Waals surface area contributed by atoms with Gasteiger partial charge < -0.3 is 40.7 Å². The van der Waals surface area contributed by atoms with Gasteiger partial charge in [0.2, 0.25) is 0 Å². The molecular weight excluding hydrogens is 517 g/mol. The Balaban J connectivity index is -0.000000115. The zero-order valence-electron chi connectivity index (χ0n) is 15.1. The quantitative estimate of drug-likeness (QED) is 0.300. The Morgan fingerprint density at radius 2 is 0.500 bits per heavy atom. The Bertz CT molecular complexity index is 151. The van der Waals surface area contributed by atoms with Crippen LogP contribution in [0.15, 0.2) is 0 Å². The average molecular weight is 544 g/mol.